The van der Waals surface area contributed by atoms with E-state index in [9.17, 15) is 8.42 Å². The van der Waals surface area contributed by atoms with Gasteiger partial charge in [0.15, 0.2) is 0 Å². The fraction of sp³-hybridized carbons (Fsp3) is 0.455. The molecule has 0 saturated heterocycles. The maximum absolute atomic E-state index is 10.9. The molecule has 0 amide bonds. The number of benzene rings is 1. The minimum absolute atomic E-state index is 0.149. The lowest BCUT2D eigenvalue weighted by atomic mass is 10.1. The van der Waals surface area contributed by atoms with E-state index in [2.05, 4.69) is 6.92 Å². The Morgan fingerprint density at radius 3 is 2.50 bits per heavy atom. The highest BCUT2D eigenvalue weighted by Gasteiger charge is 2.10. The molecule has 1 rings (SSSR count). The molecule has 0 aliphatic carbocycles. The van der Waals surface area contributed by atoms with E-state index in [0.29, 0.717) is 5.69 Å². The predicted octanol–water partition coefficient (Wildman–Crippen LogP) is 2.25. The van der Waals surface area contributed by atoms with Crippen molar-refractivity contribution in [1.82, 2.24) is 0 Å². The Morgan fingerprint density at radius 2 is 2.00 bits per heavy atom. The number of aryl methyl sites for hydroxylation is 1. The summed E-state index contributed by atoms with van der Waals surface area (Å²) >= 11 is 0. The summed E-state index contributed by atoms with van der Waals surface area (Å²) in [5.74, 6) is 0. The van der Waals surface area contributed by atoms with Crippen LogP contribution in [-0.2, 0) is 16.5 Å². The molecular formula is C11H17NO3S. The van der Waals surface area contributed by atoms with Crippen molar-refractivity contribution in [2.75, 3.05) is 5.73 Å². The minimum atomic E-state index is -4.15. The summed E-state index contributed by atoms with van der Waals surface area (Å²) in [6.45, 7) is 2.12. The molecule has 16 heavy (non-hydrogen) atoms. The number of hydrogen-bond acceptors (Lipinski definition) is 3. The molecule has 0 aromatic heterocycles. The highest BCUT2D eigenvalue weighted by molar-refractivity contribution is 7.85. The van der Waals surface area contributed by atoms with Crippen LogP contribution in [0.1, 0.15) is 31.7 Å². The second-order valence-corrected chi connectivity index (χ2v) is 5.21. The van der Waals surface area contributed by atoms with Crippen LogP contribution in [0.2, 0.25) is 0 Å². The standard InChI is InChI=1S/C11H17NO3S/c1-2-3-4-5-9-6-7-10(8-11(9)12)16(13,14)15/h6-8H,2-5,12H2,1H3,(H,13,14,15). The van der Waals surface area contributed by atoms with E-state index < -0.39 is 10.1 Å². The first-order valence-corrected chi connectivity index (χ1v) is 6.75. The van der Waals surface area contributed by atoms with Crippen LogP contribution in [0.15, 0.2) is 23.1 Å². The lowest BCUT2D eigenvalue weighted by Gasteiger charge is -2.06. The highest BCUT2D eigenvalue weighted by atomic mass is 32.2. The van der Waals surface area contributed by atoms with Gasteiger partial charge in [0.1, 0.15) is 0 Å². The van der Waals surface area contributed by atoms with Gasteiger partial charge < -0.3 is 5.73 Å². The van der Waals surface area contributed by atoms with Crippen molar-refractivity contribution in [3.63, 3.8) is 0 Å². The molecule has 0 aliphatic rings. The Morgan fingerprint density at radius 1 is 1.31 bits per heavy atom. The van der Waals surface area contributed by atoms with Crippen LogP contribution in [0.5, 0.6) is 0 Å². The Hall–Kier alpha value is -1.07. The lowest BCUT2D eigenvalue weighted by molar-refractivity contribution is 0.483. The minimum Gasteiger partial charge on any atom is -0.398 e. The van der Waals surface area contributed by atoms with Gasteiger partial charge in [0.25, 0.3) is 10.1 Å². The normalized spacial score (nSPS) is 11.6. The van der Waals surface area contributed by atoms with Gasteiger partial charge in [-0.15, -0.1) is 0 Å². The van der Waals surface area contributed by atoms with Crippen LogP contribution < -0.4 is 5.73 Å². The SMILES string of the molecule is CCCCCc1ccc(S(=O)(=O)O)cc1N. The molecule has 0 spiro atoms. The molecular weight excluding hydrogens is 226 g/mol. The predicted molar refractivity (Wildman–Crippen MR) is 63.9 cm³/mol. The van der Waals surface area contributed by atoms with E-state index in [-0.39, 0.29) is 4.90 Å². The molecule has 0 atom stereocenters. The molecule has 0 bridgehead atoms. The molecule has 90 valence electrons. The monoisotopic (exact) mass is 243 g/mol. The van der Waals surface area contributed by atoms with Crippen molar-refractivity contribution < 1.29 is 13.0 Å². The van der Waals surface area contributed by atoms with Gasteiger partial charge in [-0.05, 0) is 30.5 Å². The van der Waals surface area contributed by atoms with Gasteiger partial charge in [0.05, 0.1) is 4.90 Å². The summed E-state index contributed by atoms with van der Waals surface area (Å²) in [5, 5.41) is 0. The average molecular weight is 243 g/mol. The van der Waals surface area contributed by atoms with Gasteiger partial charge in [0.2, 0.25) is 0 Å². The zero-order valence-electron chi connectivity index (χ0n) is 9.31. The highest BCUT2D eigenvalue weighted by Crippen LogP contribution is 2.19. The molecule has 0 fully saturated rings. The average Bonchev–Trinajstić information content (AvgIpc) is 2.19. The second kappa shape index (κ2) is 5.32. The zero-order chi connectivity index (χ0) is 12.2. The molecule has 0 radical (unpaired) electrons. The molecule has 0 unspecified atom stereocenters. The molecule has 0 saturated carbocycles. The van der Waals surface area contributed by atoms with E-state index in [1.807, 2.05) is 0 Å². The summed E-state index contributed by atoms with van der Waals surface area (Å²) in [6.07, 6.45) is 4.12. The van der Waals surface area contributed by atoms with E-state index >= 15 is 0 Å². The van der Waals surface area contributed by atoms with Crippen LogP contribution in [0.3, 0.4) is 0 Å². The van der Waals surface area contributed by atoms with Gasteiger partial charge in [-0.25, -0.2) is 0 Å². The van der Waals surface area contributed by atoms with Crippen molar-refractivity contribution in [2.24, 2.45) is 0 Å². The number of anilines is 1. The van der Waals surface area contributed by atoms with Crippen molar-refractivity contribution in [3.8, 4) is 0 Å². The van der Waals surface area contributed by atoms with Gasteiger partial charge >= 0.3 is 0 Å². The third-order valence-electron chi connectivity index (χ3n) is 2.46. The van der Waals surface area contributed by atoms with Crippen LogP contribution in [0.4, 0.5) is 5.69 Å². The van der Waals surface area contributed by atoms with Gasteiger partial charge in [0, 0.05) is 5.69 Å². The Labute approximate surface area is 96.2 Å². The van der Waals surface area contributed by atoms with E-state index in [0.717, 1.165) is 31.2 Å². The summed E-state index contributed by atoms with van der Waals surface area (Å²) in [4.78, 5) is -0.149. The Balaban J connectivity index is 2.84. The maximum atomic E-state index is 10.9. The molecule has 5 heteroatoms. The van der Waals surface area contributed by atoms with Crippen molar-refractivity contribution in [1.29, 1.82) is 0 Å². The zero-order valence-corrected chi connectivity index (χ0v) is 10.1. The number of hydrogen-bond donors (Lipinski definition) is 2. The van der Waals surface area contributed by atoms with E-state index in [4.69, 9.17) is 10.3 Å². The second-order valence-electron chi connectivity index (χ2n) is 3.79. The Bertz CT molecular complexity index is 454. The quantitative estimate of drug-likeness (QED) is 0.472. The molecule has 0 heterocycles. The third-order valence-corrected chi connectivity index (χ3v) is 3.31. The third kappa shape index (κ3) is 3.50. The first kappa shape index (κ1) is 13.0. The maximum Gasteiger partial charge on any atom is 0.294 e. The van der Waals surface area contributed by atoms with Crippen LogP contribution in [0.25, 0.3) is 0 Å². The fourth-order valence-corrected chi connectivity index (χ4v) is 2.04. The first-order valence-electron chi connectivity index (χ1n) is 5.31. The first-order chi connectivity index (χ1) is 7.45. The fourth-order valence-electron chi connectivity index (χ4n) is 1.53. The topological polar surface area (TPSA) is 80.4 Å². The molecule has 1 aromatic carbocycles. The number of rotatable bonds is 5. The number of nitrogen functional groups attached to an aromatic ring is 1. The molecule has 1 aromatic rings. The largest absolute Gasteiger partial charge is 0.398 e. The summed E-state index contributed by atoms with van der Waals surface area (Å²) in [5.41, 5.74) is 7.08. The van der Waals surface area contributed by atoms with Crippen LogP contribution >= 0.6 is 0 Å². The summed E-state index contributed by atoms with van der Waals surface area (Å²) in [6, 6.07) is 4.34. The lowest BCUT2D eigenvalue weighted by Crippen LogP contribution is -2.01. The van der Waals surface area contributed by atoms with Gasteiger partial charge in [-0.1, -0.05) is 25.8 Å². The van der Waals surface area contributed by atoms with E-state index in [1.165, 1.54) is 12.1 Å². The van der Waals surface area contributed by atoms with Gasteiger partial charge in [-0.3, -0.25) is 4.55 Å². The number of unbranched alkanes of at least 4 members (excludes halogenated alkanes) is 2. The molecule has 4 nitrogen and oxygen atoms in total. The Kier molecular flexibility index (Phi) is 4.32. The van der Waals surface area contributed by atoms with Crippen LogP contribution in [-0.4, -0.2) is 13.0 Å². The molecule has 0 aliphatic heterocycles. The summed E-state index contributed by atoms with van der Waals surface area (Å²) < 4.78 is 30.5. The number of nitrogens with two attached hydrogens (primary N) is 1. The smallest absolute Gasteiger partial charge is 0.294 e. The van der Waals surface area contributed by atoms with Gasteiger partial charge in [-0.2, -0.15) is 8.42 Å². The van der Waals surface area contributed by atoms with Crippen molar-refractivity contribution in [2.45, 2.75) is 37.5 Å². The van der Waals surface area contributed by atoms with Crippen LogP contribution in [0, 0.1) is 0 Å². The van der Waals surface area contributed by atoms with Crippen molar-refractivity contribution >= 4 is 15.8 Å². The summed E-state index contributed by atoms with van der Waals surface area (Å²) in [7, 11) is -4.15. The van der Waals surface area contributed by atoms with E-state index in [1.54, 1.807) is 6.07 Å². The molecule has 3 N–H and O–H groups in total. The van der Waals surface area contributed by atoms with Crippen molar-refractivity contribution in [3.05, 3.63) is 23.8 Å².